The van der Waals surface area contributed by atoms with Crippen molar-refractivity contribution in [2.24, 2.45) is 12.8 Å². The fourth-order valence-corrected chi connectivity index (χ4v) is 2.56. The molecule has 0 bridgehead atoms. The number of anilines is 1. The number of amides is 2. The average molecular weight is 299 g/mol. The van der Waals surface area contributed by atoms with Gasteiger partial charge in [-0.05, 0) is 42.7 Å². The Morgan fingerprint density at radius 1 is 1.32 bits per heavy atom. The van der Waals surface area contributed by atoms with Crippen LogP contribution in [0.4, 0.5) is 5.69 Å². The lowest BCUT2D eigenvalue weighted by atomic mass is 10.1. The first kappa shape index (κ1) is 14.2. The predicted octanol–water partition coefficient (Wildman–Crippen LogP) is 1.70. The zero-order chi connectivity index (χ0) is 15.7. The molecule has 0 saturated carbocycles. The molecule has 2 heterocycles. The Kier molecular flexibility index (Phi) is 3.58. The third-order valence-electron chi connectivity index (χ3n) is 3.69. The van der Waals surface area contributed by atoms with Crippen LogP contribution in [0.15, 0.2) is 30.5 Å². The van der Waals surface area contributed by atoms with Gasteiger partial charge in [0.1, 0.15) is 11.4 Å². The van der Waals surface area contributed by atoms with E-state index >= 15 is 0 Å². The van der Waals surface area contributed by atoms with Crippen molar-refractivity contribution in [1.82, 2.24) is 4.57 Å². The van der Waals surface area contributed by atoms with Crippen LogP contribution >= 0.6 is 0 Å². The quantitative estimate of drug-likeness (QED) is 0.904. The van der Waals surface area contributed by atoms with Crippen molar-refractivity contribution in [2.45, 2.75) is 12.8 Å². The molecule has 6 nitrogen and oxygen atoms in total. The summed E-state index contributed by atoms with van der Waals surface area (Å²) in [5.41, 5.74) is 7.71. The summed E-state index contributed by atoms with van der Waals surface area (Å²) in [5, 5.41) is 2.83. The summed E-state index contributed by atoms with van der Waals surface area (Å²) in [7, 11) is 1.70. The number of carbonyl (C=O) groups is 2. The number of nitrogens with zero attached hydrogens (tertiary/aromatic N) is 1. The molecular formula is C16H17N3O3. The summed E-state index contributed by atoms with van der Waals surface area (Å²) in [5.74, 6) is 0.0337. The topological polar surface area (TPSA) is 86.4 Å². The summed E-state index contributed by atoms with van der Waals surface area (Å²) in [6.45, 7) is 0.734. The molecule has 0 radical (unpaired) electrons. The van der Waals surface area contributed by atoms with Gasteiger partial charge in [0, 0.05) is 18.9 Å². The lowest BCUT2D eigenvalue weighted by Gasteiger charge is -2.18. The molecule has 0 atom stereocenters. The zero-order valence-corrected chi connectivity index (χ0v) is 12.3. The molecule has 1 aromatic heterocycles. The summed E-state index contributed by atoms with van der Waals surface area (Å²) < 4.78 is 7.13. The molecule has 114 valence electrons. The number of primary amides is 1. The first-order chi connectivity index (χ1) is 10.5. The molecule has 1 aliphatic heterocycles. The Morgan fingerprint density at radius 3 is 2.86 bits per heavy atom. The molecule has 2 aromatic rings. The van der Waals surface area contributed by atoms with E-state index in [1.807, 2.05) is 12.1 Å². The SMILES string of the molecule is Cn1cc(C(N)=O)cc1C(=O)Nc1ccc2c(c1)CCCO2. The molecule has 3 rings (SSSR count). The normalized spacial score (nSPS) is 13.1. The monoisotopic (exact) mass is 299 g/mol. The Labute approximate surface area is 127 Å². The average Bonchev–Trinajstić information content (AvgIpc) is 2.89. The van der Waals surface area contributed by atoms with E-state index in [1.54, 1.807) is 17.7 Å². The van der Waals surface area contributed by atoms with Crippen molar-refractivity contribution < 1.29 is 14.3 Å². The van der Waals surface area contributed by atoms with E-state index in [0.29, 0.717) is 16.9 Å². The number of nitrogens with two attached hydrogens (primary N) is 1. The van der Waals surface area contributed by atoms with Crippen LogP contribution in [0.25, 0.3) is 0 Å². The summed E-state index contributed by atoms with van der Waals surface area (Å²) >= 11 is 0. The Bertz CT molecular complexity index is 749. The predicted molar refractivity (Wildman–Crippen MR) is 82.1 cm³/mol. The minimum Gasteiger partial charge on any atom is -0.493 e. The highest BCUT2D eigenvalue weighted by atomic mass is 16.5. The van der Waals surface area contributed by atoms with Crippen LogP contribution in [0.2, 0.25) is 0 Å². The first-order valence-corrected chi connectivity index (χ1v) is 7.08. The van der Waals surface area contributed by atoms with Gasteiger partial charge in [-0.25, -0.2) is 0 Å². The van der Waals surface area contributed by atoms with Crippen molar-refractivity contribution in [1.29, 1.82) is 0 Å². The van der Waals surface area contributed by atoms with Crippen LogP contribution in [-0.2, 0) is 13.5 Å². The molecule has 3 N–H and O–H groups in total. The highest BCUT2D eigenvalue weighted by molar-refractivity contribution is 6.05. The number of carbonyl (C=O) groups excluding carboxylic acids is 2. The van der Waals surface area contributed by atoms with Gasteiger partial charge in [-0.2, -0.15) is 0 Å². The number of rotatable bonds is 3. The van der Waals surface area contributed by atoms with Gasteiger partial charge in [0.05, 0.1) is 12.2 Å². The van der Waals surface area contributed by atoms with Gasteiger partial charge >= 0.3 is 0 Å². The largest absolute Gasteiger partial charge is 0.493 e. The maximum Gasteiger partial charge on any atom is 0.272 e. The Balaban J connectivity index is 1.81. The van der Waals surface area contributed by atoms with E-state index in [4.69, 9.17) is 10.5 Å². The molecule has 22 heavy (non-hydrogen) atoms. The highest BCUT2D eigenvalue weighted by Gasteiger charge is 2.16. The lowest BCUT2D eigenvalue weighted by Crippen LogP contribution is -2.16. The van der Waals surface area contributed by atoms with Gasteiger partial charge in [-0.1, -0.05) is 0 Å². The van der Waals surface area contributed by atoms with Crippen LogP contribution in [0.3, 0.4) is 0 Å². The number of ether oxygens (including phenoxy) is 1. The van der Waals surface area contributed by atoms with Crippen molar-refractivity contribution in [3.05, 3.63) is 47.3 Å². The van der Waals surface area contributed by atoms with Crippen molar-refractivity contribution in [2.75, 3.05) is 11.9 Å². The standard InChI is InChI=1S/C16H17N3O3/c1-19-9-11(15(17)20)8-13(19)16(21)18-12-4-5-14-10(7-12)3-2-6-22-14/h4-5,7-9H,2-3,6H2,1H3,(H2,17,20)(H,18,21). The van der Waals surface area contributed by atoms with E-state index in [0.717, 1.165) is 30.8 Å². The van der Waals surface area contributed by atoms with E-state index in [2.05, 4.69) is 5.32 Å². The van der Waals surface area contributed by atoms with Crippen LogP contribution in [-0.4, -0.2) is 23.0 Å². The molecule has 1 aliphatic rings. The van der Waals surface area contributed by atoms with Crippen molar-refractivity contribution in [3.8, 4) is 5.75 Å². The molecule has 2 amide bonds. The fourth-order valence-electron chi connectivity index (χ4n) is 2.56. The second kappa shape index (κ2) is 5.55. The van der Waals surface area contributed by atoms with Crippen LogP contribution in [0.5, 0.6) is 5.75 Å². The van der Waals surface area contributed by atoms with E-state index in [1.165, 1.54) is 12.3 Å². The third kappa shape index (κ3) is 2.67. The maximum atomic E-state index is 12.3. The molecule has 0 spiro atoms. The number of benzene rings is 1. The molecule has 0 saturated heterocycles. The summed E-state index contributed by atoms with van der Waals surface area (Å²) in [4.78, 5) is 23.5. The molecule has 0 fully saturated rings. The minimum absolute atomic E-state index is 0.285. The van der Waals surface area contributed by atoms with E-state index in [9.17, 15) is 9.59 Å². The molecule has 1 aromatic carbocycles. The number of nitrogens with one attached hydrogen (secondary N) is 1. The highest BCUT2D eigenvalue weighted by Crippen LogP contribution is 2.27. The fraction of sp³-hybridized carbons (Fsp3) is 0.250. The van der Waals surface area contributed by atoms with Crippen LogP contribution in [0.1, 0.15) is 32.8 Å². The minimum atomic E-state index is -0.555. The number of aryl methyl sites for hydroxylation is 2. The number of hydrogen-bond acceptors (Lipinski definition) is 3. The van der Waals surface area contributed by atoms with E-state index < -0.39 is 5.91 Å². The van der Waals surface area contributed by atoms with Gasteiger partial charge in [0.2, 0.25) is 5.91 Å². The molecular weight excluding hydrogens is 282 g/mol. The van der Waals surface area contributed by atoms with Crippen molar-refractivity contribution in [3.63, 3.8) is 0 Å². The van der Waals surface area contributed by atoms with Gasteiger partial charge in [-0.3, -0.25) is 9.59 Å². The second-order valence-electron chi connectivity index (χ2n) is 5.32. The first-order valence-electron chi connectivity index (χ1n) is 7.08. The van der Waals surface area contributed by atoms with Gasteiger partial charge in [0.25, 0.3) is 5.91 Å². The van der Waals surface area contributed by atoms with Gasteiger partial charge < -0.3 is 20.4 Å². The number of aromatic nitrogens is 1. The smallest absolute Gasteiger partial charge is 0.272 e. The maximum absolute atomic E-state index is 12.3. The third-order valence-corrected chi connectivity index (χ3v) is 3.69. The second-order valence-corrected chi connectivity index (χ2v) is 5.32. The lowest BCUT2D eigenvalue weighted by molar-refractivity contribution is 0.0998. The Hall–Kier alpha value is -2.76. The number of hydrogen-bond donors (Lipinski definition) is 2. The summed E-state index contributed by atoms with van der Waals surface area (Å²) in [6, 6.07) is 7.08. The molecule has 0 unspecified atom stereocenters. The van der Waals surface area contributed by atoms with Crippen molar-refractivity contribution >= 4 is 17.5 Å². The van der Waals surface area contributed by atoms with Crippen LogP contribution in [0, 0.1) is 0 Å². The number of fused-ring (bicyclic) bond motifs is 1. The molecule has 0 aliphatic carbocycles. The van der Waals surface area contributed by atoms with E-state index in [-0.39, 0.29) is 5.91 Å². The zero-order valence-electron chi connectivity index (χ0n) is 12.3. The molecule has 6 heteroatoms. The van der Waals surface area contributed by atoms with Gasteiger partial charge in [-0.15, -0.1) is 0 Å². The van der Waals surface area contributed by atoms with Gasteiger partial charge in [0.15, 0.2) is 0 Å². The summed E-state index contributed by atoms with van der Waals surface area (Å²) in [6.07, 6.45) is 3.46. The Morgan fingerprint density at radius 2 is 2.14 bits per heavy atom. The van der Waals surface area contributed by atoms with Crippen LogP contribution < -0.4 is 15.8 Å².